The number of aromatic nitrogens is 1. The molecule has 0 unspecified atom stereocenters. The van der Waals surface area contributed by atoms with Crippen molar-refractivity contribution in [2.24, 2.45) is 0 Å². The second kappa shape index (κ2) is 12.3. The molecule has 0 atom stereocenters. The molecule has 3 aromatic rings. The number of rotatable bonds is 10. The van der Waals surface area contributed by atoms with Gasteiger partial charge in [-0.15, -0.1) is 0 Å². The topological polar surface area (TPSA) is 116 Å². The van der Waals surface area contributed by atoms with Gasteiger partial charge in [0.2, 0.25) is 0 Å². The molecule has 3 rings (SSSR count). The fourth-order valence-electron chi connectivity index (χ4n) is 3.39. The molecule has 0 spiro atoms. The predicted octanol–water partition coefficient (Wildman–Crippen LogP) is 4.87. The van der Waals surface area contributed by atoms with Gasteiger partial charge < -0.3 is 24.8 Å². The molecule has 2 amide bonds. The van der Waals surface area contributed by atoms with Crippen LogP contribution in [0.4, 0.5) is 11.4 Å². The van der Waals surface area contributed by atoms with Gasteiger partial charge in [-0.1, -0.05) is 18.2 Å². The van der Waals surface area contributed by atoms with Crippen molar-refractivity contribution in [2.45, 2.75) is 27.7 Å². The van der Waals surface area contributed by atoms with E-state index in [9.17, 15) is 14.4 Å². The van der Waals surface area contributed by atoms with Crippen molar-refractivity contribution in [1.82, 2.24) is 4.98 Å². The molecule has 0 aliphatic rings. The molecule has 1 aromatic heterocycles. The summed E-state index contributed by atoms with van der Waals surface area (Å²) in [5.74, 6) is -0.599. The van der Waals surface area contributed by atoms with Crippen LogP contribution in [-0.4, -0.2) is 42.6 Å². The Labute approximate surface area is 209 Å². The zero-order valence-electron chi connectivity index (χ0n) is 20.7. The van der Waals surface area contributed by atoms with E-state index in [1.807, 2.05) is 19.9 Å². The average Bonchev–Trinajstić information content (AvgIpc) is 2.87. The summed E-state index contributed by atoms with van der Waals surface area (Å²) in [6.45, 7) is 7.88. The number of carbonyl (C=O) groups is 3. The average molecular weight is 492 g/mol. The molecule has 0 radical (unpaired) electrons. The van der Waals surface area contributed by atoms with Gasteiger partial charge in [-0.2, -0.15) is 0 Å². The third-order valence-electron chi connectivity index (χ3n) is 5.03. The van der Waals surface area contributed by atoms with Crippen molar-refractivity contribution in [2.75, 3.05) is 30.5 Å². The number of aryl methyl sites for hydroxylation is 1. The largest absolute Gasteiger partial charge is 0.492 e. The minimum atomic E-state index is -0.502. The van der Waals surface area contributed by atoms with Crippen LogP contribution >= 0.6 is 0 Å². The first kappa shape index (κ1) is 26.2. The van der Waals surface area contributed by atoms with Crippen molar-refractivity contribution in [3.8, 4) is 11.5 Å². The van der Waals surface area contributed by atoms with Crippen LogP contribution in [0.5, 0.6) is 11.5 Å². The third-order valence-corrected chi connectivity index (χ3v) is 5.03. The van der Waals surface area contributed by atoms with E-state index in [0.717, 1.165) is 0 Å². The van der Waals surface area contributed by atoms with Gasteiger partial charge in [0, 0.05) is 17.7 Å². The summed E-state index contributed by atoms with van der Waals surface area (Å²) in [4.78, 5) is 42.0. The Morgan fingerprint density at radius 3 is 1.89 bits per heavy atom. The van der Waals surface area contributed by atoms with Crippen molar-refractivity contribution in [3.05, 3.63) is 77.1 Å². The van der Waals surface area contributed by atoms with Crippen LogP contribution in [0, 0.1) is 6.92 Å². The maximum Gasteiger partial charge on any atom is 0.339 e. The third kappa shape index (κ3) is 6.38. The fraction of sp³-hybridized carbons (Fsp3) is 0.259. The maximum absolute atomic E-state index is 13.0. The highest BCUT2D eigenvalue weighted by molar-refractivity contribution is 6.07. The Hall–Kier alpha value is -4.40. The van der Waals surface area contributed by atoms with Crippen LogP contribution < -0.4 is 20.1 Å². The lowest BCUT2D eigenvalue weighted by atomic mass is 10.1. The predicted molar refractivity (Wildman–Crippen MR) is 136 cm³/mol. The van der Waals surface area contributed by atoms with Gasteiger partial charge in [0.1, 0.15) is 17.2 Å². The monoisotopic (exact) mass is 491 g/mol. The number of pyridine rings is 1. The smallest absolute Gasteiger partial charge is 0.339 e. The van der Waals surface area contributed by atoms with Crippen LogP contribution in [0.2, 0.25) is 0 Å². The van der Waals surface area contributed by atoms with Crippen LogP contribution in [0.25, 0.3) is 0 Å². The molecule has 36 heavy (non-hydrogen) atoms. The normalized spacial score (nSPS) is 10.3. The Balaban J connectivity index is 1.90. The van der Waals surface area contributed by atoms with Gasteiger partial charge >= 0.3 is 5.97 Å². The first-order valence-corrected chi connectivity index (χ1v) is 11.6. The molecule has 188 valence electrons. The zero-order valence-corrected chi connectivity index (χ0v) is 20.7. The molecular weight excluding hydrogens is 462 g/mol. The first-order valence-electron chi connectivity index (χ1n) is 11.6. The van der Waals surface area contributed by atoms with Gasteiger partial charge in [0.25, 0.3) is 11.8 Å². The van der Waals surface area contributed by atoms with Crippen LogP contribution in [0.1, 0.15) is 57.7 Å². The molecule has 0 bridgehead atoms. The Kier molecular flexibility index (Phi) is 8.99. The number of nitrogens with zero attached hydrogens (tertiary/aromatic N) is 1. The summed E-state index contributed by atoms with van der Waals surface area (Å²) in [5, 5.41) is 5.63. The highest BCUT2D eigenvalue weighted by Gasteiger charge is 2.19. The lowest BCUT2D eigenvalue weighted by Crippen LogP contribution is -2.17. The quantitative estimate of drug-likeness (QED) is 0.389. The van der Waals surface area contributed by atoms with Crippen molar-refractivity contribution in [3.63, 3.8) is 0 Å². The summed E-state index contributed by atoms with van der Waals surface area (Å²) < 4.78 is 16.5. The summed E-state index contributed by atoms with van der Waals surface area (Å²) in [7, 11) is 0. The van der Waals surface area contributed by atoms with E-state index in [0.29, 0.717) is 52.9 Å². The minimum absolute atomic E-state index is 0.113. The molecule has 2 N–H and O–H groups in total. The number of carbonyl (C=O) groups excluding carboxylic acids is 3. The van der Waals surface area contributed by atoms with E-state index in [2.05, 4.69) is 15.6 Å². The van der Waals surface area contributed by atoms with E-state index in [1.165, 1.54) is 12.1 Å². The van der Waals surface area contributed by atoms with Crippen molar-refractivity contribution >= 4 is 29.2 Å². The van der Waals surface area contributed by atoms with E-state index >= 15 is 0 Å². The molecule has 0 saturated heterocycles. The van der Waals surface area contributed by atoms with Gasteiger partial charge in [-0.05, 0) is 52.0 Å². The highest BCUT2D eigenvalue weighted by atomic mass is 16.5. The van der Waals surface area contributed by atoms with E-state index < -0.39 is 11.9 Å². The van der Waals surface area contributed by atoms with E-state index in [1.54, 1.807) is 50.2 Å². The van der Waals surface area contributed by atoms with Crippen molar-refractivity contribution < 1.29 is 28.6 Å². The minimum Gasteiger partial charge on any atom is -0.492 e. The number of esters is 1. The molecule has 0 fully saturated rings. The molecule has 9 heteroatoms. The standard InChI is InChI=1S/C27H29N3O6/c1-5-34-23-16-22(30-26(32)20-14-13-19(17(4)28-20)27(33)36-7-3)24(35-6-2)15-21(23)29-25(31)18-11-9-8-10-12-18/h8-16H,5-7H2,1-4H3,(H,29,31)(H,30,32). The number of amides is 2. The van der Waals surface area contributed by atoms with E-state index in [-0.39, 0.29) is 18.2 Å². The number of hydrogen-bond donors (Lipinski definition) is 2. The summed E-state index contributed by atoms with van der Waals surface area (Å²) in [6.07, 6.45) is 0. The second-order valence-electron chi connectivity index (χ2n) is 7.53. The van der Waals surface area contributed by atoms with Crippen LogP contribution in [-0.2, 0) is 4.74 Å². The van der Waals surface area contributed by atoms with Gasteiger partial charge in [-0.3, -0.25) is 9.59 Å². The highest BCUT2D eigenvalue weighted by Crippen LogP contribution is 2.37. The Morgan fingerprint density at radius 1 is 0.778 bits per heavy atom. The maximum atomic E-state index is 13.0. The molecule has 1 heterocycles. The lowest BCUT2D eigenvalue weighted by Gasteiger charge is -2.18. The summed E-state index contributed by atoms with van der Waals surface area (Å²) in [5.41, 5.74) is 2.02. The molecule has 2 aromatic carbocycles. The van der Waals surface area contributed by atoms with Crippen molar-refractivity contribution in [1.29, 1.82) is 0 Å². The molecule has 9 nitrogen and oxygen atoms in total. The van der Waals surface area contributed by atoms with Gasteiger partial charge in [0.15, 0.2) is 0 Å². The SMILES string of the molecule is CCOC(=O)c1ccc(C(=O)Nc2cc(OCC)c(NC(=O)c3ccccc3)cc2OCC)nc1C. The Bertz CT molecular complexity index is 1240. The van der Waals surface area contributed by atoms with Crippen LogP contribution in [0.15, 0.2) is 54.6 Å². The number of hydrogen-bond acceptors (Lipinski definition) is 7. The summed E-state index contributed by atoms with van der Waals surface area (Å²) in [6, 6.07) is 14.9. The number of benzene rings is 2. The van der Waals surface area contributed by atoms with Crippen LogP contribution in [0.3, 0.4) is 0 Å². The Morgan fingerprint density at radius 2 is 1.36 bits per heavy atom. The molecular formula is C27H29N3O6. The summed E-state index contributed by atoms with van der Waals surface area (Å²) >= 11 is 0. The lowest BCUT2D eigenvalue weighted by molar-refractivity contribution is 0.0524. The fourth-order valence-corrected chi connectivity index (χ4v) is 3.39. The molecule has 0 aliphatic carbocycles. The molecule has 0 saturated carbocycles. The van der Waals surface area contributed by atoms with Gasteiger partial charge in [0.05, 0.1) is 42.5 Å². The first-order chi connectivity index (χ1) is 17.4. The number of anilines is 2. The number of ether oxygens (including phenoxy) is 3. The zero-order chi connectivity index (χ0) is 26.1. The van der Waals surface area contributed by atoms with E-state index in [4.69, 9.17) is 14.2 Å². The number of nitrogens with one attached hydrogen (secondary N) is 2. The molecule has 0 aliphatic heterocycles. The van der Waals surface area contributed by atoms with Gasteiger partial charge in [-0.25, -0.2) is 9.78 Å². The second-order valence-corrected chi connectivity index (χ2v) is 7.53.